The second-order valence-corrected chi connectivity index (χ2v) is 7.60. The lowest BCUT2D eigenvalue weighted by Crippen LogP contribution is -2.14. The molecule has 2 aromatic heterocycles. The molecule has 0 aliphatic heterocycles. The molecule has 1 N–H and O–H groups in total. The maximum atomic E-state index is 12.5. The minimum absolute atomic E-state index is 0.0995. The summed E-state index contributed by atoms with van der Waals surface area (Å²) in [4.78, 5) is 33.2. The first-order valence-electron chi connectivity index (χ1n) is 9.92. The molecule has 0 saturated heterocycles. The molecular formula is C22H25N5O3S. The van der Waals surface area contributed by atoms with Gasteiger partial charge in [0.05, 0.1) is 12.3 Å². The zero-order chi connectivity index (χ0) is 22.4. The molecule has 0 saturated carbocycles. The quantitative estimate of drug-likeness (QED) is 0.324. The first-order valence-corrected chi connectivity index (χ1v) is 11.1. The highest BCUT2D eigenvalue weighted by Crippen LogP contribution is 2.18. The molecule has 162 valence electrons. The van der Waals surface area contributed by atoms with Crippen LogP contribution in [0.2, 0.25) is 0 Å². The molecule has 1 aromatic carbocycles. The van der Waals surface area contributed by atoms with Crippen molar-refractivity contribution in [3.63, 3.8) is 0 Å². The molecule has 0 aliphatic rings. The Balaban J connectivity index is 1.65. The van der Waals surface area contributed by atoms with E-state index in [1.807, 2.05) is 38.3 Å². The summed E-state index contributed by atoms with van der Waals surface area (Å²) in [6.45, 7) is 5.93. The van der Waals surface area contributed by atoms with E-state index >= 15 is 0 Å². The normalized spacial score (nSPS) is 10.7. The van der Waals surface area contributed by atoms with Crippen LogP contribution in [-0.4, -0.2) is 44.5 Å². The highest BCUT2D eigenvalue weighted by Gasteiger charge is 2.13. The van der Waals surface area contributed by atoms with Gasteiger partial charge in [-0.05, 0) is 63.3 Å². The number of carbonyl (C=O) groups excluding carboxylic acids is 2. The number of aromatic nitrogens is 4. The lowest BCUT2D eigenvalue weighted by atomic mass is 10.1. The van der Waals surface area contributed by atoms with E-state index in [1.165, 1.54) is 11.8 Å². The van der Waals surface area contributed by atoms with E-state index in [-0.39, 0.29) is 11.6 Å². The number of esters is 1. The number of aryl methyl sites for hydroxylation is 2. The van der Waals surface area contributed by atoms with Crippen LogP contribution in [0.1, 0.15) is 40.8 Å². The topological polar surface area (TPSA) is 99.0 Å². The van der Waals surface area contributed by atoms with Crippen molar-refractivity contribution >= 4 is 29.3 Å². The zero-order valence-corrected chi connectivity index (χ0v) is 18.8. The summed E-state index contributed by atoms with van der Waals surface area (Å²) >= 11 is 1.50. The number of anilines is 1. The van der Waals surface area contributed by atoms with Gasteiger partial charge in [-0.1, -0.05) is 17.8 Å². The molecule has 0 atom stereocenters. The summed E-state index contributed by atoms with van der Waals surface area (Å²) in [5.41, 5.74) is 4.42. The molecule has 8 nitrogen and oxygen atoms in total. The Morgan fingerprint density at radius 3 is 2.58 bits per heavy atom. The summed E-state index contributed by atoms with van der Waals surface area (Å²) in [6.07, 6.45) is 4.51. The summed E-state index contributed by atoms with van der Waals surface area (Å²) < 4.78 is 6.53. The second kappa shape index (κ2) is 10.2. The molecule has 0 unspecified atom stereocenters. The van der Waals surface area contributed by atoms with E-state index < -0.39 is 5.97 Å². The predicted molar refractivity (Wildman–Crippen MR) is 120 cm³/mol. The Morgan fingerprint density at radius 1 is 1.16 bits per heavy atom. The highest BCUT2D eigenvalue weighted by atomic mass is 32.2. The van der Waals surface area contributed by atoms with Gasteiger partial charge in [0.1, 0.15) is 0 Å². The molecule has 1 amide bonds. The first-order chi connectivity index (χ1) is 14.9. The van der Waals surface area contributed by atoms with Gasteiger partial charge < -0.3 is 10.1 Å². The first kappa shape index (κ1) is 22.5. The molecule has 2 heterocycles. The van der Waals surface area contributed by atoms with Crippen LogP contribution in [-0.2, 0) is 16.0 Å². The third-order valence-corrected chi connectivity index (χ3v) is 5.20. The molecule has 31 heavy (non-hydrogen) atoms. The van der Waals surface area contributed by atoms with Gasteiger partial charge in [0.25, 0.3) is 0 Å². The maximum absolute atomic E-state index is 12.5. The van der Waals surface area contributed by atoms with Crippen LogP contribution < -0.4 is 5.32 Å². The SMILES string of the molecule is CCOC(=O)c1ccn(-c2cccc(NC(=O)CCc3c(C)nc(SC)nc3C)c2)n1. The smallest absolute Gasteiger partial charge is 0.358 e. The fraction of sp³-hybridized carbons (Fsp3) is 0.318. The van der Waals surface area contributed by atoms with Crippen LogP contribution in [0.3, 0.4) is 0 Å². The average Bonchev–Trinajstić information content (AvgIpc) is 3.24. The van der Waals surface area contributed by atoms with E-state index in [9.17, 15) is 9.59 Å². The third kappa shape index (κ3) is 5.69. The number of benzene rings is 1. The summed E-state index contributed by atoms with van der Waals surface area (Å²) in [5.74, 6) is -0.566. The van der Waals surface area contributed by atoms with Gasteiger partial charge in [-0.15, -0.1) is 0 Å². The fourth-order valence-corrected chi connectivity index (χ4v) is 3.59. The zero-order valence-electron chi connectivity index (χ0n) is 18.0. The van der Waals surface area contributed by atoms with E-state index in [1.54, 1.807) is 29.9 Å². The van der Waals surface area contributed by atoms with Gasteiger partial charge in [-0.25, -0.2) is 19.4 Å². The molecule has 3 rings (SSSR count). The minimum atomic E-state index is -0.467. The van der Waals surface area contributed by atoms with Crippen molar-refractivity contribution in [2.75, 3.05) is 18.2 Å². The standard InChI is InChI=1S/C22H25N5O3S/c1-5-30-21(29)19-11-12-27(26-19)17-8-6-7-16(13-17)25-20(28)10-9-18-14(2)23-22(31-4)24-15(18)3/h6-8,11-13H,5,9-10H2,1-4H3,(H,25,28). The van der Waals surface area contributed by atoms with Crippen LogP contribution >= 0.6 is 11.8 Å². The Hall–Kier alpha value is -3.20. The molecule has 0 aliphatic carbocycles. The number of nitrogens with one attached hydrogen (secondary N) is 1. The number of nitrogens with zero attached hydrogens (tertiary/aromatic N) is 4. The molecule has 0 fully saturated rings. The third-order valence-electron chi connectivity index (χ3n) is 4.65. The van der Waals surface area contributed by atoms with E-state index in [0.29, 0.717) is 25.1 Å². The van der Waals surface area contributed by atoms with Gasteiger partial charge in [-0.2, -0.15) is 5.10 Å². The van der Waals surface area contributed by atoms with Crippen LogP contribution in [0, 0.1) is 13.8 Å². The van der Waals surface area contributed by atoms with Crippen molar-refractivity contribution in [3.8, 4) is 5.69 Å². The van der Waals surface area contributed by atoms with Gasteiger partial charge in [0.2, 0.25) is 5.91 Å². The molecule has 3 aromatic rings. The largest absolute Gasteiger partial charge is 0.461 e. The lowest BCUT2D eigenvalue weighted by molar-refractivity contribution is -0.116. The molecule has 0 bridgehead atoms. The number of carbonyl (C=O) groups is 2. The molecule has 0 spiro atoms. The molecular weight excluding hydrogens is 414 g/mol. The second-order valence-electron chi connectivity index (χ2n) is 6.82. The summed E-state index contributed by atoms with van der Waals surface area (Å²) in [6, 6.07) is 8.87. The maximum Gasteiger partial charge on any atom is 0.358 e. The van der Waals surface area contributed by atoms with Crippen molar-refractivity contribution in [2.24, 2.45) is 0 Å². The van der Waals surface area contributed by atoms with Crippen LogP contribution in [0.5, 0.6) is 0 Å². The van der Waals surface area contributed by atoms with Crippen molar-refractivity contribution in [1.29, 1.82) is 0 Å². The van der Waals surface area contributed by atoms with Crippen molar-refractivity contribution in [3.05, 3.63) is 59.2 Å². The number of rotatable bonds is 8. The van der Waals surface area contributed by atoms with E-state index in [4.69, 9.17) is 4.74 Å². The van der Waals surface area contributed by atoms with Crippen molar-refractivity contribution < 1.29 is 14.3 Å². The van der Waals surface area contributed by atoms with Crippen molar-refractivity contribution in [1.82, 2.24) is 19.7 Å². The van der Waals surface area contributed by atoms with Crippen LogP contribution in [0.15, 0.2) is 41.7 Å². The number of ether oxygens (including phenoxy) is 1. The Morgan fingerprint density at radius 2 is 1.90 bits per heavy atom. The van der Waals surface area contributed by atoms with Crippen LogP contribution in [0.25, 0.3) is 5.69 Å². The van der Waals surface area contributed by atoms with Gasteiger partial charge in [-0.3, -0.25) is 4.79 Å². The van der Waals surface area contributed by atoms with E-state index in [2.05, 4.69) is 20.4 Å². The van der Waals surface area contributed by atoms with E-state index in [0.717, 1.165) is 27.8 Å². The average molecular weight is 440 g/mol. The van der Waals surface area contributed by atoms with Gasteiger partial charge in [0, 0.05) is 29.7 Å². The van der Waals surface area contributed by atoms with Crippen molar-refractivity contribution in [2.45, 2.75) is 38.8 Å². The highest BCUT2D eigenvalue weighted by molar-refractivity contribution is 7.98. The lowest BCUT2D eigenvalue weighted by Gasteiger charge is -2.11. The number of hydrogen-bond acceptors (Lipinski definition) is 7. The summed E-state index contributed by atoms with van der Waals surface area (Å²) in [7, 11) is 0. The monoisotopic (exact) mass is 439 g/mol. The minimum Gasteiger partial charge on any atom is -0.461 e. The Bertz CT molecular complexity index is 1070. The number of thioether (sulfide) groups is 1. The number of amides is 1. The summed E-state index contributed by atoms with van der Waals surface area (Å²) in [5, 5.41) is 7.90. The Labute approximate surface area is 185 Å². The number of hydrogen-bond donors (Lipinski definition) is 1. The molecule has 9 heteroatoms. The Kier molecular flexibility index (Phi) is 7.41. The predicted octanol–water partition coefficient (Wildman–Crippen LogP) is 3.75. The van der Waals surface area contributed by atoms with Gasteiger partial charge in [0.15, 0.2) is 10.9 Å². The van der Waals surface area contributed by atoms with Gasteiger partial charge >= 0.3 is 5.97 Å². The fourth-order valence-electron chi connectivity index (χ4n) is 3.13. The van der Waals surface area contributed by atoms with Crippen LogP contribution in [0.4, 0.5) is 5.69 Å². The molecule has 0 radical (unpaired) electrons.